The topological polar surface area (TPSA) is 163 Å². The molecule has 1 aliphatic heterocycles. The molecule has 0 bridgehead atoms. The molecule has 2 heterocycles. The molecule has 1 fully saturated rings. The summed E-state index contributed by atoms with van der Waals surface area (Å²) in [7, 11) is 2.02. The van der Waals surface area contributed by atoms with Gasteiger partial charge in [-0.1, -0.05) is 42.5 Å². The van der Waals surface area contributed by atoms with Gasteiger partial charge in [-0.25, -0.2) is 4.79 Å². The first-order chi connectivity index (χ1) is 20.4. The fraction of sp³-hybridized carbons (Fsp3) is 0.433. The van der Waals surface area contributed by atoms with Crippen LogP contribution in [0.4, 0.5) is 0 Å². The highest BCUT2D eigenvalue weighted by Gasteiger charge is 2.37. The SMILES string of the molecule is CN1CCN(C(=O)c2ccc(-c3nnn(C(C(=O)OCc4ccccc4)C(=O)C(N)CC(=O)OC(C)(C)C)n3)cc2)CC1. The number of esters is 2. The summed E-state index contributed by atoms with van der Waals surface area (Å²) in [6, 6.07) is 12.5. The molecule has 228 valence electrons. The highest BCUT2D eigenvalue weighted by Crippen LogP contribution is 2.20. The Morgan fingerprint density at radius 3 is 2.23 bits per heavy atom. The molecule has 1 amide bonds. The summed E-state index contributed by atoms with van der Waals surface area (Å²) >= 11 is 0. The third-order valence-corrected chi connectivity index (χ3v) is 6.73. The van der Waals surface area contributed by atoms with E-state index in [0.29, 0.717) is 29.8 Å². The first kappa shape index (κ1) is 31.4. The smallest absolute Gasteiger partial charge is 0.341 e. The monoisotopic (exact) mass is 591 g/mol. The third kappa shape index (κ3) is 8.52. The molecule has 2 aromatic carbocycles. The number of piperazine rings is 1. The molecular formula is C30H37N7O6. The van der Waals surface area contributed by atoms with Gasteiger partial charge in [0.05, 0.1) is 12.5 Å². The van der Waals surface area contributed by atoms with Gasteiger partial charge in [-0.15, -0.1) is 15.0 Å². The molecule has 43 heavy (non-hydrogen) atoms. The Morgan fingerprint density at radius 2 is 1.60 bits per heavy atom. The average molecular weight is 592 g/mol. The molecule has 2 atom stereocenters. The van der Waals surface area contributed by atoms with Crippen molar-refractivity contribution in [3.63, 3.8) is 0 Å². The van der Waals surface area contributed by atoms with Crippen molar-refractivity contribution in [1.29, 1.82) is 0 Å². The predicted molar refractivity (Wildman–Crippen MR) is 155 cm³/mol. The van der Waals surface area contributed by atoms with Crippen LogP contribution < -0.4 is 5.73 Å². The van der Waals surface area contributed by atoms with Gasteiger partial charge in [0.15, 0.2) is 5.78 Å². The number of nitrogens with two attached hydrogens (primary N) is 1. The number of nitrogens with zero attached hydrogens (tertiary/aromatic N) is 6. The Hall–Kier alpha value is -4.49. The van der Waals surface area contributed by atoms with Crippen LogP contribution in [-0.2, 0) is 30.5 Å². The van der Waals surface area contributed by atoms with E-state index in [2.05, 4.69) is 20.3 Å². The van der Waals surface area contributed by atoms with E-state index in [-0.39, 0.29) is 18.3 Å². The van der Waals surface area contributed by atoms with Crippen LogP contribution in [0.1, 0.15) is 49.2 Å². The van der Waals surface area contributed by atoms with E-state index >= 15 is 0 Å². The van der Waals surface area contributed by atoms with Gasteiger partial charge in [0.2, 0.25) is 11.9 Å². The van der Waals surface area contributed by atoms with Gasteiger partial charge in [-0.05, 0) is 50.7 Å². The van der Waals surface area contributed by atoms with Crippen LogP contribution in [0.25, 0.3) is 11.4 Å². The molecule has 2 unspecified atom stereocenters. The predicted octanol–water partition coefficient (Wildman–Crippen LogP) is 1.64. The summed E-state index contributed by atoms with van der Waals surface area (Å²) in [5.74, 6) is -2.43. The molecule has 4 rings (SSSR count). The number of amides is 1. The van der Waals surface area contributed by atoms with Crippen LogP contribution >= 0.6 is 0 Å². The minimum atomic E-state index is -1.69. The van der Waals surface area contributed by atoms with Gasteiger partial charge in [0.1, 0.15) is 12.2 Å². The molecule has 3 aromatic rings. The second kappa shape index (κ2) is 13.7. The molecular weight excluding hydrogens is 554 g/mol. The van der Waals surface area contributed by atoms with Crippen molar-refractivity contribution < 1.29 is 28.7 Å². The summed E-state index contributed by atoms with van der Waals surface area (Å²) in [6.07, 6.45) is -0.455. The normalized spacial score (nSPS) is 15.4. The summed E-state index contributed by atoms with van der Waals surface area (Å²) < 4.78 is 10.7. The van der Waals surface area contributed by atoms with E-state index in [4.69, 9.17) is 15.2 Å². The zero-order valence-corrected chi connectivity index (χ0v) is 24.8. The van der Waals surface area contributed by atoms with Crippen molar-refractivity contribution in [2.45, 2.75) is 51.5 Å². The van der Waals surface area contributed by atoms with E-state index in [1.165, 1.54) is 0 Å². The van der Waals surface area contributed by atoms with Gasteiger partial charge in [0, 0.05) is 37.3 Å². The number of hydrogen-bond acceptors (Lipinski definition) is 11. The van der Waals surface area contributed by atoms with E-state index in [1.807, 2.05) is 13.1 Å². The van der Waals surface area contributed by atoms with Crippen molar-refractivity contribution in [2.75, 3.05) is 33.2 Å². The number of carbonyl (C=O) groups is 4. The van der Waals surface area contributed by atoms with Gasteiger partial charge in [-0.3, -0.25) is 14.4 Å². The highest BCUT2D eigenvalue weighted by atomic mass is 16.6. The maximum atomic E-state index is 13.4. The maximum Gasteiger partial charge on any atom is 0.341 e. The van der Waals surface area contributed by atoms with E-state index in [0.717, 1.165) is 17.9 Å². The minimum Gasteiger partial charge on any atom is -0.460 e. The second-order valence-electron chi connectivity index (χ2n) is 11.4. The number of Topliss-reactive ketones (excluding diaryl/α,β-unsaturated/α-hetero) is 1. The number of carbonyl (C=O) groups excluding carboxylic acids is 4. The quantitative estimate of drug-likeness (QED) is 0.269. The standard InChI is InChI=1S/C30H37N7O6/c1-30(2,3)43-24(38)18-23(31)26(39)25(29(41)42-19-20-8-6-5-7-9-20)37-33-27(32-34-37)21-10-12-22(13-11-21)28(40)36-16-14-35(4)15-17-36/h5-13,23,25H,14-19,31H2,1-4H3. The van der Waals surface area contributed by atoms with Crippen LogP contribution in [0.5, 0.6) is 0 Å². The molecule has 2 N–H and O–H groups in total. The lowest BCUT2D eigenvalue weighted by Gasteiger charge is -2.32. The summed E-state index contributed by atoms with van der Waals surface area (Å²) in [4.78, 5) is 56.7. The average Bonchev–Trinajstić information content (AvgIpc) is 3.45. The van der Waals surface area contributed by atoms with Crippen LogP contribution in [0.15, 0.2) is 54.6 Å². The lowest BCUT2D eigenvalue weighted by Crippen LogP contribution is -2.47. The van der Waals surface area contributed by atoms with E-state index in [1.54, 1.807) is 74.2 Å². The van der Waals surface area contributed by atoms with Gasteiger partial charge >= 0.3 is 11.9 Å². The molecule has 1 saturated heterocycles. The number of rotatable bonds is 10. The maximum absolute atomic E-state index is 13.4. The fourth-order valence-corrected chi connectivity index (χ4v) is 4.40. The lowest BCUT2D eigenvalue weighted by atomic mass is 10.0. The largest absolute Gasteiger partial charge is 0.460 e. The summed E-state index contributed by atoms with van der Waals surface area (Å²) in [5.41, 5.74) is 7.03. The molecule has 1 aromatic heterocycles. The molecule has 0 aliphatic carbocycles. The minimum absolute atomic E-state index is 0.0675. The summed E-state index contributed by atoms with van der Waals surface area (Å²) in [5, 5.41) is 12.2. The van der Waals surface area contributed by atoms with Gasteiger partial charge in [0.25, 0.3) is 5.91 Å². The van der Waals surface area contributed by atoms with Crippen molar-refractivity contribution >= 4 is 23.6 Å². The molecule has 0 spiro atoms. The van der Waals surface area contributed by atoms with E-state index in [9.17, 15) is 19.2 Å². The van der Waals surface area contributed by atoms with Crippen LogP contribution in [-0.4, -0.2) is 98.5 Å². The number of ketones is 1. The summed E-state index contributed by atoms with van der Waals surface area (Å²) in [6.45, 7) is 7.90. The van der Waals surface area contributed by atoms with Crippen molar-refractivity contribution in [3.05, 3.63) is 65.7 Å². The zero-order chi connectivity index (χ0) is 31.1. The van der Waals surface area contributed by atoms with Gasteiger partial charge < -0.3 is 25.0 Å². The first-order valence-corrected chi connectivity index (χ1v) is 14.0. The van der Waals surface area contributed by atoms with Gasteiger partial charge in [-0.2, -0.15) is 0 Å². The van der Waals surface area contributed by atoms with E-state index < -0.39 is 41.8 Å². The molecule has 13 nitrogen and oxygen atoms in total. The third-order valence-electron chi connectivity index (χ3n) is 6.73. The fourth-order valence-electron chi connectivity index (χ4n) is 4.40. The Morgan fingerprint density at radius 1 is 0.953 bits per heavy atom. The Bertz CT molecular complexity index is 1430. The first-order valence-electron chi connectivity index (χ1n) is 14.0. The Balaban J connectivity index is 1.52. The number of hydrogen-bond donors (Lipinski definition) is 1. The molecule has 0 saturated carbocycles. The molecule has 13 heteroatoms. The van der Waals surface area contributed by atoms with Crippen molar-refractivity contribution in [1.82, 2.24) is 30.0 Å². The molecule has 1 aliphatic rings. The number of benzene rings is 2. The van der Waals surface area contributed by atoms with Crippen LogP contribution in [0.2, 0.25) is 0 Å². The number of likely N-dealkylation sites (N-methyl/N-ethyl adjacent to an activating group) is 1. The zero-order valence-electron chi connectivity index (χ0n) is 24.8. The van der Waals surface area contributed by atoms with Crippen LogP contribution in [0.3, 0.4) is 0 Å². The molecule has 0 radical (unpaired) electrons. The Labute approximate surface area is 249 Å². The highest BCUT2D eigenvalue weighted by molar-refractivity contribution is 6.04. The lowest BCUT2D eigenvalue weighted by molar-refractivity contribution is -0.158. The second-order valence-corrected chi connectivity index (χ2v) is 11.4. The van der Waals surface area contributed by atoms with Crippen LogP contribution in [0, 0.1) is 0 Å². The van der Waals surface area contributed by atoms with Crippen molar-refractivity contribution in [3.8, 4) is 11.4 Å². The number of aromatic nitrogens is 4. The Kier molecular flexibility index (Phi) is 9.99. The van der Waals surface area contributed by atoms with Crippen molar-refractivity contribution in [2.24, 2.45) is 5.73 Å². The number of tetrazole rings is 1. The number of ether oxygens (including phenoxy) is 2.